The molecule has 0 spiro atoms. The Labute approximate surface area is 171 Å². The van der Waals surface area contributed by atoms with Gasteiger partial charge in [-0.3, -0.25) is 9.59 Å². The lowest BCUT2D eigenvalue weighted by Crippen LogP contribution is -2.39. The molecule has 30 heavy (non-hydrogen) atoms. The Bertz CT molecular complexity index is 1230. The summed E-state index contributed by atoms with van der Waals surface area (Å²) in [4.78, 5) is 32.1. The number of hydrogen-bond acceptors (Lipinski definition) is 5. The lowest BCUT2D eigenvalue weighted by Gasteiger charge is -2.29. The topological polar surface area (TPSA) is 110 Å². The van der Waals surface area contributed by atoms with E-state index in [4.69, 9.17) is 0 Å². The number of aromatic nitrogens is 6. The zero-order valence-corrected chi connectivity index (χ0v) is 16.2. The molecular weight excluding hydrogens is 382 g/mol. The highest BCUT2D eigenvalue weighted by Gasteiger charge is 2.25. The monoisotopic (exact) mass is 403 g/mol. The third kappa shape index (κ3) is 3.49. The highest BCUT2D eigenvalue weighted by molar-refractivity contribution is 5.98. The van der Waals surface area contributed by atoms with E-state index < -0.39 is 0 Å². The minimum absolute atomic E-state index is 0.00493. The zero-order valence-electron chi connectivity index (χ0n) is 16.2. The Kier molecular flexibility index (Phi) is 4.62. The summed E-state index contributed by atoms with van der Waals surface area (Å²) in [6.07, 6.45) is 7.98. The summed E-state index contributed by atoms with van der Waals surface area (Å²) in [6, 6.07) is 10.8. The van der Waals surface area contributed by atoms with Crippen molar-refractivity contribution in [2.75, 3.05) is 0 Å². The maximum absolute atomic E-state index is 12.7. The van der Waals surface area contributed by atoms with Crippen LogP contribution in [0, 0.1) is 0 Å². The zero-order chi connectivity index (χ0) is 20.5. The number of carbonyl (C=O) groups is 1. The Balaban J connectivity index is 1.25. The van der Waals surface area contributed by atoms with Gasteiger partial charge >= 0.3 is 0 Å². The quantitative estimate of drug-likeness (QED) is 0.543. The van der Waals surface area contributed by atoms with E-state index in [9.17, 15) is 9.59 Å². The molecule has 1 aromatic carbocycles. The molecule has 0 bridgehead atoms. The van der Waals surface area contributed by atoms with Crippen molar-refractivity contribution in [1.29, 1.82) is 0 Å². The van der Waals surface area contributed by atoms with Crippen LogP contribution in [-0.4, -0.2) is 41.5 Å². The van der Waals surface area contributed by atoms with Crippen LogP contribution in [0.2, 0.25) is 0 Å². The van der Waals surface area contributed by atoms with Crippen LogP contribution < -0.4 is 10.9 Å². The van der Waals surface area contributed by atoms with E-state index in [1.807, 2.05) is 30.5 Å². The summed E-state index contributed by atoms with van der Waals surface area (Å²) >= 11 is 0. The Hall–Kier alpha value is -3.75. The average Bonchev–Trinajstić information content (AvgIpc) is 3.46. The largest absolute Gasteiger partial charge is 0.361 e. The van der Waals surface area contributed by atoms with Crippen LogP contribution in [0.4, 0.5) is 0 Å². The van der Waals surface area contributed by atoms with Gasteiger partial charge in [0, 0.05) is 34.8 Å². The number of rotatable bonds is 4. The van der Waals surface area contributed by atoms with E-state index in [0.29, 0.717) is 11.4 Å². The maximum atomic E-state index is 12.7. The Morgan fingerprint density at radius 2 is 1.97 bits per heavy atom. The van der Waals surface area contributed by atoms with Crippen molar-refractivity contribution in [3.63, 3.8) is 0 Å². The predicted molar refractivity (Wildman–Crippen MR) is 110 cm³/mol. The van der Waals surface area contributed by atoms with Crippen LogP contribution in [0.5, 0.6) is 0 Å². The number of aromatic amines is 1. The van der Waals surface area contributed by atoms with Gasteiger partial charge in [0.05, 0.1) is 6.04 Å². The van der Waals surface area contributed by atoms with E-state index >= 15 is 0 Å². The summed E-state index contributed by atoms with van der Waals surface area (Å²) in [5.74, 6) is 0.493. The van der Waals surface area contributed by atoms with Crippen molar-refractivity contribution in [2.45, 2.75) is 37.8 Å². The minimum Gasteiger partial charge on any atom is -0.361 e. The second-order valence-corrected chi connectivity index (χ2v) is 7.57. The number of nitrogens with one attached hydrogen (secondary N) is 2. The third-order valence-electron chi connectivity index (χ3n) is 5.66. The summed E-state index contributed by atoms with van der Waals surface area (Å²) in [6.45, 7) is 0. The number of carbonyl (C=O) groups excluding carboxylic acids is 1. The molecule has 9 nitrogen and oxygen atoms in total. The van der Waals surface area contributed by atoms with Gasteiger partial charge < -0.3 is 10.3 Å². The smallest absolute Gasteiger partial charge is 0.267 e. The number of fused-ring (bicyclic) bond motifs is 1. The van der Waals surface area contributed by atoms with Crippen LogP contribution in [0.25, 0.3) is 16.7 Å². The first kappa shape index (κ1) is 18.3. The molecule has 0 saturated heterocycles. The van der Waals surface area contributed by atoms with E-state index in [2.05, 4.69) is 25.5 Å². The molecule has 152 valence electrons. The van der Waals surface area contributed by atoms with Gasteiger partial charge in [0.15, 0.2) is 5.82 Å². The fraction of sp³-hybridized carbons (Fsp3) is 0.286. The van der Waals surface area contributed by atoms with E-state index in [-0.39, 0.29) is 23.6 Å². The first-order valence-corrected chi connectivity index (χ1v) is 10.0. The molecule has 1 aliphatic rings. The molecule has 0 radical (unpaired) electrons. The minimum atomic E-state index is -0.133. The first-order chi connectivity index (χ1) is 14.7. The number of benzene rings is 1. The summed E-state index contributed by atoms with van der Waals surface area (Å²) in [5, 5.41) is 12.7. The molecule has 3 heterocycles. The van der Waals surface area contributed by atoms with E-state index in [0.717, 1.165) is 36.6 Å². The van der Waals surface area contributed by atoms with Gasteiger partial charge in [-0.15, -0.1) is 5.10 Å². The normalized spacial score (nSPS) is 19.1. The Morgan fingerprint density at radius 1 is 1.10 bits per heavy atom. The van der Waals surface area contributed by atoms with Crippen LogP contribution >= 0.6 is 0 Å². The average molecular weight is 403 g/mol. The number of hydrogen-bond donors (Lipinski definition) is 2. The Morgan fingerprint density at radius 3 is 2.77 bits per heavy atom. The molecule has 3 aromatic heterocycles. The van der Waals surface area contributed by atoms with Crippen molar-refractivity contribution in [2.24, 2.45) is 0 Å². The van der Waals surface area contributed by atoms with Crippen LogP contribution in [0.1, 0.15) is 42.1 Å². The van der Waals surface area contributed by atoms with Gasteiger partial charge in [0.25, 0.3) is 11.5 Å². The molecule has 9 heteroatoms. The second kappa shape index (κ2) is 7.58. The number of amides is 1. The molecule has 0 atom stereocenters. The van der Waals surface area contributed by atoms with E-state index in [1.165, 1.54) is 21.8 Å². The molecule has 4 aromatic rings. The maximum Gasteiger partial charge on any atom is 0.267 e. The first-order valence-electron chi connectivity index (χ1n) is 10.0. The SMILES string of the molecule is O=C(NC1CCC(n2nc(-n3cncn3)ccc2=O)CC1)c1ccc2[nH]ccc2c1. The summed E-state index contributed by atoms with van der Waals surface area (Å²) in [7, 11) is 0. The van der Waals surface area contributed by atoms with Crippen molar-refractivity contribution in [1.82, 2.24) is 34.8 Å². The lowest BCUT2D eigenvalue weighted by atomic mass is 9.91. The third-order valence-corrected chi connectivity index (χ3v) is 5.66. The van der Waals surface area contributed by atoms with Crippen molar-refractivity contribution >= 4 is 16.8 Å². The van der Waals surface area contributed by atoms with Crippen molar-refractivity contribution in [3.05, 3.63) is 71.2 Å². The van der Waals surface area contributed by atoms with Gasteiger partial charge in [0.1, 0.15) is 12.7 Å². The predicted octanol–water partition coefficient (Wildman–Crippen LogP) is 2.22. The standard InChI is InChI=1S/C21H21N7O2/c29-20-8-7-19(27-13-22-12-24-27)26-28(20)17-4-2-16(3-5-17)25-21(30)15-1-6-18-14(11-15)9-10-23-18/h1,6-13,16-17,23H,2-5H2,(H,25,30). The summed E-state index contributed by atoms with van der Waals surface area (Å²) < 4.78 is 3.07. The van der Waals surface area contributed by atoms with Gasteiger partial charge in [-0.05, 0) is 56.0 Å². The second-order valence-electron chi connectivity index (χ2n) is 7.57. The van der Waals surface area contributed by atoms with Gasteiger partial charge in [-0.2, -0.15) is 5.10 Å². The molecule has 2 N–H and O–H groups in total. The fourth-order valence-electron chi connectivity index (χ4n) is 4.05. The summed E-state index contributed by atoms with van der Waals surface area (Å²) in [5.41, 5.74) is 1.53. The molecular formula is C21H21N7O2. The molecule has 1 fully saturated rings. The molecule has 0 unspecified atom stereocenters. The molecule has 1 aliphatic carbocycles. The molecule has 1 saturated carbocycles. The fourth-order valence-corrected chi connectivity index (χ4v) is 4.05. The van der Waals surface area contributed by atoms with Gasteiger partial charge in [-0.1, -0.05) is 0 Å². The highest BCUT2D eigenvalue weighted by Crippen LogP contribution is 2.27. The highest BCUT2D eigenvalue weighted by atomic mass is 16.1. The van der Waals surface area contributed by atoms with Crippen LogP contribution in [0.3, 0.4) is 0 Å². The number of nitrogens with zero attached hydrogens (tertiary/aromatic N) is 5. The molecule has 5 rings (SSSR count). The van der Waals surface area contributed by atoms with Crippen LogP contribution in [0.15, 0.2) is 60.0 Å². The van der Waals surface area contributed by atoms with Gasteiger partial charge in [-0.25, -0.2) is 14.3 Å². The molecule has 1 amide bonds. The van der Waals surface area contributed by atoms with Crippen molar-refractivity contribution < 1.29 is 4.79 Å². The lowest BCUT2D eigenvalue weighted by molar-refractivity contribution is 0.0921. The van der Waals surface area contributed by atoms with Gasteiger partial charge in [0.2, 0.25) is 0 Å². The van der Waals surface area contributed by atoms with Crippen LogP contribution in [-0.2, 0) is 0 Å². The number of H-pyrrole nitrogens is 1. The molecule has 0 aliphatic heterocycles. The van der Waals surface area contributed by atoms with Crippen molar-refractivity contribution in [3.8, 4) is 5.82 Å². The van der Waals surface area contributed by atoms with E-state index in [1.54, 1.807) is 12.4 Å².